The third kappa shape index (κ3) is 5.68. The lowest BCUT2D eigenvalue weighted by Crippen LogP contribution is -2.41. The molecule has 3 aliphatic rings. The van der Waals surface area contributed by atoms with Crippen LogP contribution in [0.5, 0.6) is 0 Å². The van der Waals surface area contributed by atoms with E-state index in [4.69, 9.17) is 9.97 Å². The minimum Gasteiger partial charge on any atom is -0.383 e. The first-order valence-electron chi connectivity index (χ1n) is 21.3. The van der Waals surface area contributed by atoms with Crippen LogP contribution in [0.3, 0.4) is 0 Å². The summed E-state index contributed by atoms with van der Waals surface area (Å²) in [4.78, 5) is 12.6. The lowest BCUT2D eigenvalue weighted by Gasteiger charge is -2.46. The predicted octanol–water partition coefficient (Wildman–Crippen LogP) is 13.8. The summed E-state index contributed by atoms with van der Waals surface area (Å²) in [6.07, 6.45) is 4.57. The molecule has 2 aliphatic heterocycles. The second kappa shape index (κ2) is 14.6. The molecule has 9 aromatic rings. The lowest BCUT2D eigenvalue weighted by atomic mass is 9.65. The van der Waals surface area contributed by atoms with E-state index in [0.29, 0.717) is 5.82 Å². The molecular formula is C58H40N4. The average Bonchev–Trinajstić information content (AvgIpc) is 3.65. The van der Waals surface area contributed by atoms with Gasteiger partial charge in [0, 0.05) is 40.2 Å². The van der Waals surface area contributed by atoms with Gasteiger partial charge in [0.05, 0.1) is 28.2 Å². The Kier molecular flexibility index (Phi) is 8.42. The van der Waals surface area contributed by atoms with Gasteiger partial charge in [0.1, 0.15) is 0 Å². The van der Waals surface area contributed by atoms with Crippen molar-refractivity contribution in [2.24, 2.45) is 0 Å². The maximum atomic E-state index is 5.13. The molecule has 1 spiro atoms. The normalized spacial score (nSPS) is 14.2. The van der Waals surface area contributed by atoms with Crippen molar-refractivity contribution in [3.05, 3.63) is 252 Å². The highest BCUT2D eigenvalue weighted by Crippen LogP contribution is 2.62. The van der Waals surface area contributed by atoms with Crippen molar-refractivity contribution in [3.8, 4) is 56.2 Å². The first-order valence-corrected chi connectivity index (χ1v) is 21.3. The monoisotopic (exact) mass is 792 g/mol. The SMILES string of the molecule is C1=CC2=C(NC1)C1(c3cc(-c4cccc(-c5cccc(-c6cc(-c7ccccc7)nc(-c7ccccc7)n6)c5)c4)ccc32)c2ccccc2N(c2ccccc2)c2ccccc21. The van der Waals surface area contributed by atoms with Crippen LogP contribution in [0.4, 0.5) is 17.1 Å². The summed E-state index contributed by atoms with van der Waals surface area (Å²) < 4.78 is 0. The fourth-order valence-corrected chi connectivity index (χ4v) is 9.94. The van der Waals surface area contributed by atoms with Gasteiger partial charge in [-0.2, -0.15) is 0 Å². The van der Waals surface area contributed by atoms with E-state index in [1.165, 1.54) is 56.0 Å². The van der Waals surface area contributed by atoms with Gasteiger partial charge in [0.2, 0.25) is 0 Å². The van der Waals surface area contributed by atoms with Gasteiger partial charge < -0.3 is 10.2 Å². The summed E-state index contributed by atoms with van der Waals surface area (Å²) in [5.74, 6) is 0.710. The zero-order valence-corrected chi connectivity index (χ0v) is 33.9. The van der Waals surface area contributed by atoms with Crippen molar-refractivity contribution in [2.75, 3.05) is 11.4 Å². The molecule has 1 aliphatic carbocycles. The molecule has 12 rings (SSSR count). The third-order valence-electron chi connectivity index (χ3n) is 12.7. The number of hydrogen-bond donors (Lipinski definition) is 1. The second-order valence-corrected chi connectivity index (χ2v) is 16.1. The molecule has 0 amide bonds. The van der Waals surface area contributed by atoms with Gasteiger partial charge in [-0.3, -0.25) is 0 Å². The molecule has 0 saturated heterocycles. The van der Waals surface area contributed by atoms with Crippen LogP contribution >= 0.6 is 0 Å². The van der Waals surface area contributed by atoms with Crippen molar-refractivity contribution in [3.63, 3.8) is 0 Å². The Balaban J connectivity index is 0.982. The van der Waals surface area contributed by atoms with Crippen LogP contribution in [0.2, 0.25) is 0 Å². The smallest absolute Gasteiger partial charge is 0.160 e. The van der Waals surface area contributed by atoms with E-state index in [1.54, 1.807) is 0 Å². The number of dihydropyridines is 1. The average molecular weight is 793 g/mol. The molecule has 1 N–H and O–H groups in total. The van der Waals surface area contributed by atoms with Crippen molar-refractivity contribution in [1.29, 1.82) is 0 Å². The fraction of sp³-hybridized carbons (Fsp3) is 0.0345. The minimum absolute atomic E-state index is 0.537. The highest BCUT2D eigenvalue weighted by molar-refractivity contribution is 5.98. The van der Waals surface area contributed by atoms with E-state index in [1.807, 2.05) is 24.3 Å². The number of aromatic nitrogens is 2. The molecule has 4 heteroatoms. The molecule has 0 fully saturated rings. The predicted molar refractivity (Wildman–Crippen MR) is 254 cm³/mol. The van der Waals surface area contributed by atoms with Crippen molar-refractivity contribution < 1.29 is 0 Å². The van der Waals surface area contributed by atoms with E-state index in [2.05, 4.69) is 210 Å². The number of rotatable bonds is 6. The number of fused-ring (bicyclic) bond motifs is 8. The highest BCUT2D eigenvalue weighted by Gasteiger charge is 2.53. The molecule has 0 saturated carbocycles. The van der Waals surface area contributed by atoms with Gasteiger partial charge >= 0.3 is 0 Å². The van der Waals surface area contributed by atoms with Gasteiger partial charge in [-0.25, -0.2) is 9.97 Å². The molecule has 0 radical (unpaired) electrons. The Morgan fingerprint density at radius 3 is 1.60 bits per heavy atom. The number of nitrogens with one attached hydrogen (secondary N) is 1. The second-order valence-electron chi connectivity index (χ2n) is 16.1. The lowest BCUT2D eigenvalue weighted by molar-refractivity contribution is 0.659. The Morgan fingerprint density at radius 2 is 0.935 bits per heavy atom. The zero-order valence-electron chi connectivity index (χ0n) is 33.9. The van der Waals surface area contributed by atoms with Gasteiger partial charge in [0.25, 0.3) is 0 Å². The summed E-state index contributed by atoms with van der Waals surface area (Å²) in [6.45, 7) is 0.783. The Labute approximate surface area is 361 Å². The van der Waals surface area contributed by atoms with E-state index in [9.17, 15) is 0 Å². The molecule has 3 heterocycles. The van der Waals surface area contributed by atoms with Gasteiger partial charge in [0.15, 0.2) is 5.82 Å². The van der Waals surface area contributed by atoms with Crippen LogP contribution in [0.15, 0.2) is 230 Å². The van der Waals surface area contributed by atoms with E-state index in [-0.39, 0.29) is 0 Å². The standard InChI is InChI=1S/C58H40N4/c1-4-17-39(18-5-1)52-38-53(61-57(60-52)40-19-6-2-7-20-40)45-24-15-23-43(36-45)41-21-14-22-42(35-41)44-32-33-47-48-27-16-34-59-56(48)58(51(47)37-44)49-28-10-12-30-54(49)62(46-25-8-3-9-26-46)55-31-13-11-29-50(55)58/h1-33,35-38,59H,34H2. The molecule has 8 aromatic carbocycles. The number of allylic oxidation sites excluding steroid dienone is 3. The molecule has 4 nitrogen and oxygen atoms in total. The molecule has 0 bridgehead atoms. The van der Waals surface area contributed by atoms with Crippen LogP contribution in [0.25, 0.3) is 61.7 Å². The number of anilines is 3. The topological polar surface area (TPSA) is 41.1 Å². The summed E-state index contributed by atoms with van der Waals surface area (Å²) in [5.41, 5.74) is 20.1. The maximum absolute atomic E-state index is 5.13. The molecular weight excluding hydrogens is 753 g/mol. The number of benzene rings is 8. The summed E-state index contributed by atoms with van der Waals surface area (Å²) in [5, 5.41) is 3.92. The van der Waals surface area contributed by atoms with Crippen LogP contribution in [0, 0.1) is 0 Å². The van der Waals surface area contributed by atoms with Crippen molar-refractivity contribution in [2.45, 2.75) is 5.41 Å². The number of para-hydroxylation sites is 3. The van der Waals surface area contributed by atoms with Crippen molar-refractivity contribution in [1.82, 2.24) is 15.3 Å². The van der Waals surface area contributed by atoms with E-state index in [0.717, 1.165) is 51.4 Å². The van der Waals surface area contributed by atoms with Crippen LogP contribution in [0.1, 0.15) is 22.3 Å². The first-order chi connectivity index (χ1) is 30.7. The van der Waals surface area contributed by atoms with Gasteiger partial charge in [-0.1, -0.05) is 176 Å². The summed E-state index contributed by atoms with van der Waals surface area (Å²) in [7, 11) is 0. The molecule has 0 atom stereocenters. The van der Waals surface area contributed by atoms with Crippen LogP contribution in [-0.2, 0) is 5.41 Å². The van der Waals surface area contributed by atoms with E-state index >= 15 is 0 Å². The first kappa shape index (κ1) is 35.8. The Morgan fingerprint density at radius 1 is 0.419 bits per heavy atom. The van der Waals surface area contributed by atoms with Gasteiger partial charge in [-0.05, 0) is 93.0 Å². The Bertz CT molecular complexity index is 3140. The quantitative estimate of drug-likeness (QED) is 0.182. The zero-order chi connectivity index (χ0) is 41.0. The Hall–Kier alpha value is -8.08. The number of nitrogens with zero attached hydrogens (tertiary/aromatic N) is 3. The molecule has 0 unspecified atom stereocenters. The minimum atomic E-state index is -0.537. The highest BCUT2D eigenvalue weighted by atomic mass is 15.2. The van der Waals surface area contributed by atoms with Gasteiger partial charge in [-0.15, -0.1) is 0 Å². The maximum Gasteiger partial charge on any atom is 0.160 e. The summed E-state index contributed by atoms with van der Waals surface area (Å²) >= 11 is 0. The fourth-order valence-electron chi connectivity index (χ4n) is 9.94. The molecule has 62 heavy (non-hydrogen) atoms. The molecule has 1 aromatic heterocycles. The largest absolute Gasteiger partial charge is 0.383 e. The number of hydrogen-bond acceptors (Lipinski definition) is 4. The van der Waals surface area contributed by atoms with Crippen LogP contribution < -0.4 is 10.2 Å². The van der Waals surface area contributed by atoms with E-state index < -0.39 is 5.41 Å². The molecule has 292 valence electrons. The third-order valence-corrected chi connectivity index (χ3v) is 12.7. The van der Waals surface area contributed by atoms with Crippen molar-refractivity contribution >= 4 is 22.6 Å². The van der Waals surface area contributed by atoms with Crippen LogP contribution in [-0.4, -0.2) is 16.5 Å². The summed E-state index contributed by atoms with van der Waals surface area (Å²) in [6, 6.07) is 76.2.